The van der Waals surface area contributed by atoms with Gasteiger partial charge < -0.3 is 15.5 Å². The molecular formula is C9H11BrClNO2. The Kier molecular flexibility index (Phi) is 4.68. The predicted octanol–water partition coefficient (Wildman–Crippen LogP) is 1.87. The van der Waals surface area contributed by atoms with E-state index >= 15 is 0 Å². The van der Waals surface area contributed by atoms with E-state index in [9.17, 15) is 0 Å². The number of aliphatic hydroxyl groups excluding tert-OH is 2. The highest BCUT2D eigenvalue weighted by atomic mass is 79.9. The van der Waals surface area contributed by atoms with Crippen molar-refractivity contribution >= 4 is 33.2 Å². The van der Waals surface area contributed by atoms with Crippen LogP contribution in [0.25, 0.3) is 0 Å². The average molecular weight is 281 g/mol. The molecule has 78 valence electrons. The zero-order valence-electron chi connectivity index (χ0n) is 7.37. The van der Waals surface area contributed by atoms with Gasteiger partial charge in [-0.05, 0) is 34.1 Å². The Morgan fingerprint density at radius 3 is 2.86 bits per heavy atom. The van der Waals surface area contributed by atoms with Crippen molar-refractivity contribution in [1.82, 2.24) is 0 Å². The quantitative estimate of drug-likeness (QED) is 0.789. The van der Waals surface area contributed by atoms with Crippen LogP contribution in [0, 0.1) is 0 Å². The maximum absolute atomic E-state index is 9.12. The lowest BCUT2D eigenvalue weighted by Gasteiger charge is -2.11. The highest BCUT2D eigenvalue weighted by Gasteiger charge is 2.04. The predicted molar refractivity (Wildman–Crippen MR) is 60.7 cm³/mol. The SMILES string of the molecule is OC[C@@H](O)CNc1cc(Cl)ccc1Br. The zero-order chi connectivity index (χ0) is 10.6. The Morgan fingerprint density at radius 1 is 1.50 bits per heavy atom. The first-order valence-corrected chi connectivity index (χ1v) is 5.28. The highest BCUT2D eigenvalue weighted by Crippen LogP contribution is 2.25. The van der Waals surface area contributed by atoms with Crippen LogP contribution in [0.1, 0.15) is 0 Å². The molecule has 0 fully saturated rings. The van der Waals surface area contributed by atoms with E-state index in [1.165, 1.54) is 0 Å². The molecule has 0 aliphatic heterocycles. The molecule has 0 radical (unpaired) electrons. The maximum Gasteiger partial charge on any atom is 0.0942 e. The lowest BCUT2D eigenvalue weighted by Crippen LogP contribution is -2.23. The summed E-state index contributed by atoms with van der Waals surface area (Å²) in [4.78, 5) is 0. The van der Waals surface area contributed by atoms with Crippen LogP contribution < -0.4 is 5.32 Å². The summed E-state index contributed by atoms with van der Waals surface area (Å²) < 4.78 is 0.868. The normalized spacial score (nSPS) is 12.6. The summed E-state index contributed by atoms with van der Waals surface area (Å²) in [5, 5.41) is 21.3. The van der Waals surface area contributed by atoms with E-state index in [0.29, 0.717) is 5.02 Å². The molecule has 0 saturated carbocycles. The average Bonchev–Trinajstić information content (AvgIpc) is 2.19. The topological polar surface area (TPSA) is 52.5 Å². The van der Waals surface area contributed by atoms with E-state index in [4.69, 9.17) is 21.8 Å². The molecule has 0 saturated heterocycles. The van der Waals surface area contributed by atoms with Crippen molar-refractivity contribution < 1.29 is 10.2 Å². The van der Waals surface area contributed by atoms with Crippen LogP contribution in [0.2, 0.25) is 5.02 Å². The molecule has 14 heavy (non-hydrogen) atoms. The highest BCUT2D eigenvalue weighted by molar-refractivity contribution is 9.10. The second-order valence-electron chi connectivity index (χ2n) is 2.84. The first-order chi connectivity index (χ1) is 6.63. The van der Waals surface area contributed by atoms with E-state index in [-0.39, 0.29) is 13.2 Å². The van der Waals surface area contributed by atoms with Crippen molar-refractivity contribution in [2.75, 3.05) is 18.5 Å². The van der Waals surface area contributed by atoms with Gasteiger partial charge in [-0.15, -0.1) is 0 Å². The van der Waals surface area contributed by atoms with Gasteiger partial charge >= 0.3 is 0 Å². The molecule has 1 atom stereocenters. The second-order valence-corrected chi connectivity index (χ2v) is 4.13. The molecular weight excluding hydrogens is 269 g/mol. The summed E-state index contributed by atoms with van der Waals surface area (Å²) in [6.07, 6.45) is -0.763. The largest absolute Gasteiger partial charge is 0.394 e. The number of halogens is 2. The second kappa shape index (κ2) is 5.56. The van der Waals surface area contributed by atoms with Crippen molar-refractivity contribution in [3.05, 3.63) is 27.7 Å². The van der Waals surface area contributed by atoms with Gasteiger partial charge in [-0.1, -0.05) is 11.6 Å². The van der Waals surface area contributed by atoms with Gasteiger partial charge in [-0.25, -0.2) is 0 Å². The van der Waals surface area contributed by atoms with Gasteiger partial charge in [0.15, 0.2) is 0 Å². The molecule has 0 unspecified atom stereocenters. The molecule has 0 spiro atoms. The third-order valence-electron chi connectivity index (χ3n) is 1.67. The van der Waals surface area contributed by atoms with Gasteiger partial charge in [-0.3, -0.25) is 0 Å². The minimum Gasteiger partial charge on any atom is -0.394 e. The number of benzene rings is 1. The number of nitrogens with one attached hydrogen (secondary N) is 1. The van der Waals surface area contributed by atoms with Crippen molar-refractivity contribution in [1.29, 1.82) is 0 Å². The minimum atomic E-state index is -0.763. The van der Waals surface area contributed by atoms with E-state index in [0.717, 1.165) is 10.2 Å². The first kappa shape index (κ1) is 11.8. The molecule has 0 aromatic heterocycles. The standard InChI is InChI=1S/C9H11BrClNO2/c10-8-2-1-6(11)3-9(8)12-4-7(14)5-13/h1-3,7,12-14H,4-5H2/t7-/m0/s1. The van der Waals surface area contributed by atoms with Crippen LogP contribution in [-0.4, -0.2) is 29.5 Å². The molecule has 1 aromatic carbocycles. The first-order valence-electron chi connectivity index (χ1n) is 4.11. The van der Waals surface area contributed by atoms with E-state index in [2.05, 4.69) is 21.2 Å². The fourth-order valence-electron chi connectivity index (χ4n) is 0.925. The third-order valence-corrected chi connectivity index (χ3v) is 2.59. The fourth-order valence-corrected chi connectivity index (χ4v) is 1.48. The van der Waals surface area contributed by atoms with Crippen LogP contribution in [0.5, 0.6) is 0 Å². The summed E-state index contributed by atoms with van der Waals surface area (Å²) in [5.41, 5.74) is 0.796. The lowest BCUT2D eigenvalue weighted by molar-refractivity contribution is 0.105. The van der Waals surface area contributed by atoms with Gasteiger partial charge in [0, 0.05) is 21.7 Å². The van der Waals surface area contributed by atoms with Crippen molar-refractivity contribution in [2.24, 2.45) is 0 Å². The minimum absolute atomic E-state index is 0.259. The van der Waals surface area contributed by atoms with Crippen molar-refractivity contribution in [2.45, 2.75) is 6.10 Å². The lowest BCUT2D eigenvalue weighted by atomic mass is 10.3. The molecule has 3 nitrogen and oxygen atoms in total. The van der Waals surface area contributed by atoms with Crippen molar-refractivity contribution in [3.63, 3.8) is 0 Å². The number of anilines is 1. The van der Waals surface area contributed by atoms with Crippen LogP contribution in [0.3, 0.4) is 0 Å². The number of rotatable bonds is 4. The number of hydrogen-bond acceptors (Lipinski definition) is 3. The van der Waals surface area contributed by atoms with E-state index in [1.54, 1.807) is 12.1 Å². The molecule has 3 N–H and O–H groups in total. The zero-order valence-corrected chi connectivity index (χ0v) is 9.72. The van der Waals surface area contributed by atoms with E-state index in [1.807, 2.05) is 6.07 Å². The molecule has 0 amide bonds. The number of hydrogen-bond donors (Lipinski definition) is 3. The van der Waals surface area contributed by atoms with Gasteiger partial charge in [0.1, 0.15) is 0 Å². The van der Waals surface area contributed by atoms with Crippen LogP contribution >= 0.6 is 27.5 Å². The molecule has 1 aromatic rings. The Bertz CT molecular complexity index is 309. The van der Waals surface area contributed by atoms with Gasteiger partial charge in [0.2, 0.25) is 0 Å². The molecule has 5 heteroatoms. The summed E-state index contributed by atoms with van der Waals surface area (Å²) in [6, 6.07) is 5.32. The Morgan fingerprint density at radius 2 is 2.21 bits per heavy atom. The van der Waals surface area contributed by atoms with Gasteiger partial charge in [0.25, 0.3) is 0 Å². The summed E-state index contributed by atoms with van der Waals surface area (Å²) in [7, 11) is 0. The molecule has 0 bridgehead atoms. The monoisotopic (exact) mass is 279 g/mol. The Labute approximate surface area is 95.8 Å². The number of aliphatic hydroxyl groups is 2. The van der Waals surface area contributed by atoms with Crippen LogP contribution in [0.15, 0.2) is 22.7 Å². The van der Waals surface area contributed by atoms with Gasteiger partial charge in [0.05, 0.1) is 12.7 Å². The third kappa shape index (κ3) is 3.46. The Balaban J connectivity index is 2.62. The molecule has 0 aliphatic carbocycles. The molecule has 1 rings (SSSR count). The van der Waals surface area contributed by atoms with E-state index < -0.39 is 6.10 Å². The smallest absolute Gasteiger partial charge is 0.0942 e. The molecule has 0 heterocycles. The van der Waals surface area contributed by atoms with Crippen LogP contribution in [0.4, 0.5) is 5.69 Å². The Hall–Kier alpha value is -0.290. The summed E-state index contributed by atoms with van der Waals surface area (Å²) in [6.45, 7) is 0.0284. The molecule has 0 aliphatic rings. The summed E-state index contributed by atoms with van der Waals surface area (Å²) >= 11 is 9.13. The fraction of sp³-hybridized carbons (Fsp3) is 0.333. The maximum atomic E-state index is 9.12. The van der Waals surface area contributed by atoms with Crippen molar-refractivity contribution in [3.8, 4) is 0 Å². The summed E-state index contributed by atoms with van der Waals surface area (Å²) in [5.74, 6) is 0. The van der Waals surface area contributed by atoms with Crippen LogP contribution in [-0.2, 0) is 0 Å². The van der Waals surface area contributed by atoms with Gasteiger partial charge in [-0.2, -0.15) is 0 Å².